The first kappa shape index (κ1) is 13.7. The van der Waals surface area contributed by atoms with Crippen LogP contribution in [0.25, 0.3) is 0 Å². The summed E-state index contributed by atoms with van der Waals surface area (Å²) in [5.74, 6) is 5.20. The van der Waals surface area contributed by atoms with E-state index in [9.17, 15) is 8.42 Å². The van der Waals surface area contributed by atoms with Crippen LogP contribution in [0, 0.1) is 11.3 Å². The lowest BCUT2D eigenvalue weighted by molar-refractivity contribution is 0.600. The summed E-state index contributed by atoms with van der Waals surface area (Å²) in [4.78, 5) is 7.33. The Kier molecular flexibility index (Phi) is 3.79. The zero-order chi connectivity index (χ0) is 14.6. The third-order valence-electron chi connectivity index (χ3n) is 2.31. The van der Waals surface area contributed by atoms with Gasteiger partial charge in [0.2, 0.25) is 5.95 Å². The highest BCUT2D eigenvalue weighted by Gasteiger charge is 2.15. The van der Waals surface area contributed by atoms with Crippen LogP contribution < -0.4 is 16.0 Å². The first-order chi connectivity index (χ1) is 9.55. The normalized spacial score (nSPS) is 10.6. The van der Waals surface area contributed by atoms with Gasteiger partial charge in [-0.05, 0) is 18.2 Å². The van der Waals surface area contributed by atoms with Crippen molar-refractivity contribution in [2.75, 3.05) is 10.1 Å². The van der Waals surface area contributed by atoms with Gasteiger partial charge in [0.15, 0.2) is 0 Å². The van der Waals surface area contributed by atoms with E-state index >= 15 is 0 Å². The molecule has 0 bridgehead atoms. The van der Waals surface area contributed by atoms with Crippen molar-refractivity contribution in [2.45, 2.75) is 4.90 Å². The van der Waals surface area contributed by atoms with Crippen LogP contribution in [0.2, 0.25) is 0 Å². The van der Waals surface area contributed by atoms with E-state index < -0.39 is 10.0 Å². The molecule has 0 spiro atoms. The number of benzene rings is 1. The maximum absolute atomic E-state index is 12.1. The zero-order valence-corrected chi connectivity index (χ0v) is 10.9. The highest BCUT2D eigenvalue weighted by molar-refractivity contribution is 7.92. The maximum atomic E-state index is 12.1. The maximum Gasteiger partial charge on any atom is 0.264 e. The summed E-state index contributed by atoms with van der Waals surface area (Å²) < 4.78 is 26.5. The first-order valence-corrected chi connectivity index (χ1v) is 6.85. The van der Waals surface area contributed by atoms with E-state index in [0.717, 1.165) is 12.4 Å². The molecule has 0 saturated carbocycles. The molecule has 0 saturated heterocycles. The topological polar surface area (TPSA) is 134 Å². The van der Waals surface area contributed by atoms with E-state index in [0.29, 0.717) is 5.56 Å². The zero-order valence-electron chi connectivity index (χ0n) is 10.1. The number of nitrogens with two attached hydrogens (primary N) is 1. The van der Waals surface area contributed by atoms with Crippen molar-refractivity contribution in [2.24, 2.45) is 5.84 Å². The number of hydrogen-bond donors (Lipinski definition) is 3. The van der Waals surface area contributed by atoms with Crippen molar-refractivity contribution < 1.29 is 8.42 Å². The van der Waals surface area contributed by atoms with Crippen molar-refractivity contribution in [3.63, 3.8) is 0 Å². The van der Waals surface area contributed by atoms with Crippen molar-refractivity contribution >= 4 is 21.7 Å². The molecule has 0 aliphatic carbocycles. The van der Waals surface area contributed by atoms with Crippen molar-refractivity contribution in [1.29, 1.82) is 5.26 Å². The third kappa shape index (κ3) is 3.00. The number of nitriles is 1. The Balaban J connectivity index is 2.28. The Labute approximate surface area is 115 Å². The van der Waals surface area contributed by atoms with Gasteiger partial charge in [-0.15, -0.1) is 0 Å². The molecule has 2 aromatic rings. The van der Waals surface area contributed by atoms with Crippen LogP contribution in [-0.4, -0.2) is 18.4 Å². The minimum atomic E-state index is -3.82. The molecule has 0 aliphatic heterocycles. The van der Waals surface area contributed by atoms with Crippen LogP contribution >= 0.6 is 0 Å². The van der Waals surface area contributed by atoms with Gasteiger partial charge in [0.05, 0.1) is 29.7 Å². The van der Waals surface area contributed by atoms with Gasteiger partial charge in [0.1, 0.15) is 4.90 Å². The molecule has 1 heterocycles. The van der Waals surface area contributed by atoms with Gasteiger partial charge in [-0.3, -0.25) is 10.1 Å². The number of aromatic nitrogens is 2. The molecule has 4 N–H and O–H groups in total. The summed E-state index contributed by atoms with van der Waals surface area (Å²) in [6.45, 7) is 0. The molecule has 102 valence electrons. The second-order valence-electron chi connectivity index (χ2n) is 3.68. The minimum absolute atomic E-state index is 0.107. The number of rotatable bonds is 4. The number of nitrogens with zero attached hydrogens (tertiary/aromatic N) is 3. The van der Waals surface area contributed by atoms with Crippen LogP contribution in [0.1, 0.15) is 5.56 Å². The molecule has 1 aromatic carbocycles. The summed E-state index contributed by atoms with van der Waals surface area (Å²) in [5, 5.41) is 8.77. The van der Waals surface area contributed by atoms with Crippen LogP contribution in [0.15, 0.2) is 41.6 Å². The number of nitrogen functional groups attached to an aromatic ring is 1. The van der Waals surface area contributed by atoms with Gasteiger partial charge >= 0.3 is 0 Å². The molecular formula is C11H10N6O2S. The Morgan fingerprint density at radius 1 is 1.25 bits per heavy atom. The molecule has 0 fully saturated rings. The average molecular weight is 290 g/mol. The number of anilines is 2. The van der Waals surface area contributed by atoms with Gasteiger partial charge in [-0.2, -0.15) is 5.26 Å². The van der Waals surface area contributed by atoms with Gasteiger partial charge in [0.25, 0.3) is 10.0 Å². The number of hydrogen-bond acceptors (Lipinski definition) is 7. The van der Waals surface area contributed by atoms with Crippen molar-refractivity contribution in [1.82, 2.24) is 9.97 Å². The van der Waals surface area contributed by atoms with Gasteiger partial charge in [-0.25, -0.2) is 24.2 Å². The lowest BCUT2D eigenvalue weighted by atomic mass is 10.2. The average Bonchev–Trinajstić information content (AvgIpc) is 2.47. The SMILES string of the molecule is N#Cc1cccc(NS(=O)(=O)c2cnc(NN)nc2)c1. The first-order valence-electron chi connectivity index (χ1n) is 5.37. The second-order valence-corrected chi connectivity index (χ2v) is 5.37. The molecule has 2 rings (SSSR count). The van der Waals surface area contributed by atoms with Gasteiger partial charge in [-0.1, -0.05) is 6.07 Å². The van der Waals surface area contributed by atoms with E-state index in [-0.39, 0.29) is 16.5 Å². The standard InChI is InChI=1S/C11H10N6O2S/c12-5-8-2-1-3-9(4-8)17-20(18,19)10-6-14-11(16-13)15-7-10/h1-4,6-7,17H,13H2,(H,14,15,16). The third-order valence-corrected chi connectivity index (χ3v) is 3.65. The Bertz CT molecular complexity index is 751. The Morgan fingerprint density at radius 3 is 2.55 bits per heavy atom. The monoisotopic (exact) mass is 290 g/mol. The highest BCUT2D eigenvalue weighted by Crippen LogP contribution is 2.16. The lowest BCUT2D eigenvalue weighted by Crippen LogP contribution is -2.15. The summed E-state index contributed by atoms with van der Waals surface area (Å²) in [6, 6.07) is 8.04. The fourth-order valence-electron chi connectivity index (χ4n) is 1.40. The number of nitrogens with one attached hydrogen (secondary N) is 2. The molecule has 8 nitrogen and oxygen atoms in total. The molecule has 0 atom stereocenters. The molecule has 20 heavy (non-hydrogen) atoms. The summed E-state index contributed by atoms with van der Waals surface area (Å²) in [6.07, 6.45) is 2.25. The quantitative estimate of drug-likeness (QED) is 0.549. The van der Waals surface area contributed by atoms with Crippen molar-refractivity contribution in [3.05, 3.63) is 42.2 Å². The van der Waals surface area contributed by atoms with E-state index in [4.69, 9.17) is 11.1 Å². The molecule has 9 heteroatoms. The van der Waals surface area contributed by atoms with E-state index in [1.165, 1.54) is 12.1 Å². The Morgan fingerprint density at radius 2 is 1.95 bits per heavy atom. The van der Waals surface area contributed by atoms with E-state index in [1.807, 2.05) is 6.07 Å². The molecule has 0 unspecified atom stereocenters. The summed E-state index contributed by atoms with van der Waals surface area (Å²) >= 11 is 0. The molecule has 0 amide bonds. The summed E-state index contributed by atoms with van der Waals surface area (Å²) in [5.41, 5.74) is 2.83. The lowest BCUT2D eigenvalue weighted by Gasteiger charge is -2.08. The minimum Gasteiger partial charge on any atom is -0.292 e. The fourth-order valence-corrected chi connectivity index (χ4v) is 2.33. The Hall–Kier alpha value is -2.70. The van der Waals surface area contributed by atoms with Crippen LogP contribution in [0.4, 0.5) is 11.6 Å². The van der Waals surface area contributed by atoms with Crippen molar-refractivity contribution in [3.8, 4) is 6.07 Å². The van der Waals surface area contributed by atoms with Crippen LogP contribution in [0.5, 0.6) is 0 Å². The predicted octanol–water partition coefficient (Wildman–Crippen LogP) is 0.435. The molecular weight excluding hydrogens is 280 g/mol. The molecule has 1 aromatic heterocycles. The number of sulfonamides is 1. The van der Waals surface area contributed by atoms with E-state index in [1.54, 1.807) is 12.1 Å². The van der Waals surface area contributed by atoms with E-state index in [2.05, 4.69) is 20.1 Å². The van der Waals surface area contributed by atoms with Crippen LogP contribution in [0.3, 0.4) is 0 Å². The smallest absolute Gasteiger partial charge is 0.264 e. The number of hydrazine groups is 1. The predicted molar refractivity (Wildman–Crippen MR) is 71.8 cm³/mol. The van der Waals surface area contributed by atoms with Gasteiger partial charge in [0, 0.05) is 0 Å². The molecule has 0 radical (unpaired) electrons. The fraction of sp³-hybridized carbons (Fsp3) is 0. The van der Waals surface area contributed by atoms with Gasteiger partial charge < -0.3 is 0 Å². The highest BCUT2D eigenvalue weighted by atomic mass is 32.2. The second kappa shape index (κ2) is 5.52. The molecule has 0 aliphatic rings. The van der Waals surface area contributed by atoms with Crippen LogP contribution in [-0.2, 0) is 10.0 Å². The summed E-state index contributed by atoms with van der Waals surface area (Å²) in [7, 11) is -3.82. The largest absolute Gasteiger partial charge is 0.292 e.